The van der Waals surface area contributed by atoms with Crippen LogP contribution in [-0.4, -0.2) is 12.2 Å². The Hall–Kier alpha value is -0.370. The normalized spacial score (nSPS) is 12.3. The SMILES string of the molecule is COc1c(Br)cc(Cl)cc1C(O)c1ccc(F)cc1I. The average molecular weight is 471 g/mol. The summed E-state index contributed by atoms with van der Waals surface area (Å²) in [5.41, 5.74) is 1.12. The first-order valence-electron chi connectivity index (χ1n) is 5.60. The summed E-state index contributed by atoms with van der Waals surface area (Å²) in [6.45, 7) is 0. The highest BCUT2D eigenvalue weighted by atomic mass is 127. The Morgan fingerprint density at radius 2 is 2.00 bits per heavy atom. The molecule has 20 heavy (non-hydrogen) atoms. The largest absolute Gasteiger partial charge is 0.495 e. The van der Waals surface area contributed by atoms with Crippen molar-refractivity contribution in [2.45, 2.75) is 6.10 Å². The van der Waals surface area contributed by atoms with E-state index in [0.717, 1.165) is 0 Å². The van der Waals surface area contributed by atoms with E-state index in [9.17, 15) is 9.50 Å². The summed E-state index contributed by atoms with van der Waals surface area (Å²) in [5.74, 6) is 0.159. The van der Waals surface area contributed by atoms with Crippen LogP contribution in [0.4, 0.5) is 4.39 Å². The predicted molar refractivity (Wildman–Crippen MR) is 88.9 cm³/mol. The number of aliphatic hydroxyl groups is 1. The Kier molecular flexibility index (Phi) is 5.28. The molecule has 2 nitrogen and oxygen atoms in total. The lowest BCUT2D eigenvalue weighted by Gasteiger charge is -2.18. The Morgan fingerprint density at radius 1 is 1.30 bits per heavy atom. The van der Waals surface area contributed by atoms with Gasteiger partial charge >= 0.3 is 0 Å². The van der Waals surface area contributed by atoms with Crippen LogP contribution in [0.5, 0.6) is 5.75 Å². The van der Waals surface area contributed by atoms with E-state index in [-0.39, 0.29) is 5.82 Å². The molecule has 0 fully saturated rings. The molecule has 0 spiro atoms. The Balaban J connectivity index is 2.55. The van der Waals surface area contributed by atoms with Gasteiger partial charge in [-0.1, -0.05) is 17.7 Å². The summed E-state index contributed by atoms with van der Waals surface area (Å²) >= 11 is 11.3. The summed E-state index contributed by atoms with van der Waals surface area (Å²) in [7, 11) is 1.51. The number of methoxy groups -OCH3 is 1. The van der Waals surface area contributed by atoms with Crippen LogP contribution in [0, 0.1) is 9.39 Å². The molecule has 106 valence electrons. The summed E-state index contributed by atoms with van der Waals surface area (Å²) in [6.07, 6.45) is -0.951. The molecule has 1 N–H and O–H groups in total. The van der Waals surface area contributed by atoms with Gasteiger partial charge in [0, 0.05) is 14.2 Å². The van der Waals surface area contributed by atoms with E-state index in [2.05, 4.69) is 15.9 Å². The lowest BCUT2D eigenvalue weighted by atomic mass is 10.0. The molecular formula is C14H10BrClFIO2. The van der Waals surface area contributed by atoms with E-state index in [1.165, 1.54) is 19.2 Å². The van der Waals surface area contributed by atoms with Crippen LogP contribution in [0.3, 0.4) is 0 Å². The average Bonchev–Trinajstić information content (AvgIpc) is 2.37. The topological polar surface area (TPSA) is 29.5 Å². The second-order valence-corrected chi connectivity index (χ2v) is 6.53. The predicted octanol–water partition coefficient (Wildman–Crippen LogP) is 4.94. The second kappa shape index (κ2) is 6.60. The van der Waals surface area contributed by atoms with Gasteiger partial charge in [0.25, 0.3) is 0 Å². The van der Waals surface area contributed by atoms with E-state index < -0.39 is 6.10 Å². The molecule has 0 aliphatic carbocycles. The number of ether oxygens (including phenoxy) is 1. The van der Waals surface area contributed by atoms with Gasteiger partial charge in [-0.3, -0.25) is 0 Å². The van der Waals surface area contributed by atoms with Gasteiger partial charge in [0.05, 0.1) is 11.6 Å². The Bertz CT molecular complexity index is 651. The molecule has 0 aromatic heterocycles. The van der Waals surface area contributed by atoms with E-state index in [1.807, 2.05) is 22.6 Å². The zero-order chi connectivity index (χ0) is 14.9. The Labute approximate surface area is 143 Å². The fourth-order valence-corrected chi connectivity index (χ4v) is 3.66. The van der Waals surface area contributed by atoms with Crippen LogP contribution in [0.25, 0.3) is 0 Å². The molecule has 0 amide bonds. The smallest absolute Gasteiger partial charge is 0.139 e. The van der Waals surface area contributed by atoms with Gasteiger partial charge in [0.1, 0.15) is 17.7 Å². The molecule has 0 radical (unpaired) electrons. The number of rotatable bonds is 3. The van der Waals surface area contributed by atoms with Crippen molar-refractivity contribution in [3.63, 3.8) is 0 Å². The molecule has 0 saturated carbocycles. The van der Waals surface area contributed by atoms with E-state index in [0.29, 0.717) is 29.9 Å². The van der Waals surface area contributed by atoms with Gasteiger partial charge in [0.15, 0.2) is 0 Å². The quantitative estimate of drug-likeness (QED) is 0.643. The number of halogens is 4. The van der Waals surface area contributed by atoms with Gasteiger partial charge in [0.2, 0.25) is 0 Å². The molecule has 0 saturated heterocycles. The molecular weight excluding hydrogens is 461 g/mol. The van der Waals surface area contributed by atoms with Crippen molar-refractivity contribution in [1.29, 1.82) is 0 Å². The zero-order valence-electron chi connectivity index (χ0n) is 10.3. The molecule has 2 rings (SSSR count). The molecule has 2 aromatic rings. The third-order valence-electron chi connectivity index (χ3n) is 2.79. The van der Waals surface area contributed by atoms with Crippen molar-refractivity contribution >= 4 is 50.1 Å². The maximum absolute atomic E-state index is 13.1. The number of hydrogen-bond donors (Lipinski definition) is 1. The number of hydrogen-bond acceptors (Lipinski definition) is 2. The highest BCUT2D eigenvalue weighted by molar-refractivity contribution is 14.1. The lowest BCUT2D eigenvalue weighted by molar-refractivity contribution is 0.213. The van der Waals surface area contributed by atoms with Crippen molar-refractivity contribution in [2.75, 3.05) is 7.11 Å². The van der Waals surface area contributed by atoms with Crippen LogP contribution >= 0.6 is 50.1 Å². The maximum atomic E-state index is 13.1. The van der Waals surface area contributed by atoms with E-state index in [4.69, 9.17) is 16.3 Å². The molecule has 1 atom stereocenters. The molecule has 0 aliphatic heterocycles. The van der Waals surface area contributed by atoms with Gasteiger partial charge in [-0.25, -0.2) is 4.39 Å². The monoisotopic (exact) mass is 470 g/mol. The third-order valence-corrected chi connectivity index (χ3v) is 4.53. The van der Waals surface area contributed by atoms with Crippen molar-refractivity contribution in [3.05, 3.63) is 60.3 Å². The highest BCUT2D eigenvalue weighted by Gasteiger charge is 2.20. The van der Waals surface area contributed by atoms with Crippen LogP contribution in [0.15, 0.2) is 34.8 Å². The first kappa shape index (κ1) is 16.0. The second-order valence-electron chi connectivity index (χ2n) is 4.08. The lowest BCUT2D eigenvalue weighted by Crippen LogP contribution is -2.05. The first-order valence-corrected chi connectivity index (χ1v) is 7.85. The van der Waals surface area contributed by atoms with Crippen LogP contribution in [0.1, 0.15) is 17.2 Å². The molecule has 0 bridgehead atoms. The summed E-state index contributed by atoms with van der Waals surface area (Å²) < 4.78 is 19.7. The molecule has 6 heteroatoms. The number of aliphatic hydroxyl groups excluding tert-OH is 1. The van der Waals surface area contributed by atoms with Crippen molar-refractivity contribution in [2.24, 2.45) is 0 Å². The van der Waals surface area contributed by atoms with Crippen LogP contribution in [0.2, 0.25) is 5.02 Å². The van der Waals surface area contributed by atoms with Gasteiger partial charge in [-0.15, -0.1) is 0 Å². The molecule has 0 heterocycles. The molecule has 2 aromatic carbocycles. The summed E-state index contributed by atoms with van der Waals surface area (Å²) in [4.78, 5) is 0. The van der Waals surface area contributed by atoms with Crippen molar-refractivity contribution < 1.29 is 14.2 Å². The van der Waals surface area contributed by atoms with Crippen LogP contribution in [-0.2, 0) is 0 Å². The fourth-order valence-electron chi connectivity index (χ4n) is 1.89. The summed E-state index contributed by atoms with van der Waals surface area (Å²) in [5, 5.41) is 11.0. The standard InChI is InChI=1S/C14H10BrClFIO2/c1-20-14-10(4-7(16)5-11(14)15)13(19)9-3-2-8(17)6-12(9)18/h2-6,13,19H,1H3. The molecule has 1 unspecified atom stereocenters. The van der Waals surface area contributed by atoms with E-state index in [1.54, 1.807) is 18.2 Å². The van der Waals surface area contributed by atoms with Gasteiger partial charge < -0.3 is 9.84 Å². The van der Waals surface area contributed by atoms with Crippen molar-refractivity contribution in [3.8, 4) is 5.75 Å². The zero-order valence-corrected chi connectivity index (χ0v) is 14.8. The highest BCUT2D eigenvalue weighted by Crippen LogP contribution is 2.39. The van der Waals surface area contributed by atoms with Gasteiger partial charge in [-0.05, 0) is 68.3 Å². The number of benzene rings is 2. The molecule has 0 aliphatic rings. The van der Waals surface area contributed by atoms with Gasteiger partial charge in [-0.2, -0.15) is 0 Å². The minimum atomic E-state index is -0.951. The summed E-state index contributed by atoms with van der Waals surface area (Å²) in [6, 6.07) is 7.55. The minimum absolute atomic E-state index is 0.343. The Morgan fingerprint density at radius 3 is 2.60 bits per heavy atom. The fraction of sp³-hybridized carbons (Fsp3) is 0.143. The van der Waals surface area contributed by atoms with Crippen LogP contribution < -0.4 is 4.74 Å². The minimum Gasteiger partial charge on any atom is -0.495 e. The first-order chi connectivity index (χ1) is 9.43. The van der Waals surface area contributed by atoms with E-state index >= 15 is 0 Å². The van der Waals surface area contributed by atoms with Crippen molar-refractivity contribution in [1.82, 2.24) is 0 Å². The third kappa shape index (κ3) is 3.27. The maximum Gasteiger partial charge on any atom is 0.139 e.